The van der Waals surface area contributed by atoms with Gasteiger partial charge in [0, 0.05) is 23.5 Å². The van der Waals surface area contributed by atoms with E-state index in [0.717, 1.165) is 0 Å². The van der Waals surface area contributed by atoms with E-state index in [9.17, 15) is 5.26 Å². The van der Waals surface area contributed by atoms with Crippen molar-refractivity contribution < 1.29 is 9.47 Å². The van der Waals surface area contributed by atoms with Crippen LogP contribution in [0.5, 0.6) is 11.5 Å². The summed E-state index contributed by atoms with van der Waals surface area (Å²) in [5.41, 5.74) is 8.10. The molecule has 0 amide bonds. The van der Waals surface area contributed by atoms with E-state index in [1.165, 1.54) is 0 Å². The van der Waals surface area contributed by atoms with E-state index in [2.05, 4.69) is 11.1 Å². The zero-order chi connectivity index (χ0) is 15.2. The van der Waals surface area contributed by atoms with Gasteiger partial charge in [-0.05, 0) is 24.3 Å². The van der Waals surface area contributed by atoms with Crippen LogP contribution in [0.3, 0.4) is 0 Å². The Morgan fingerprint density at radius 3 is 2.62 bits per heavy atom. The number of allylic oxidation sites excluding steroid dienone is 1. The average molecular weight is 281 g/mol. The maximum Gasteiger partial charge on any atom is 0.128 e. The first kappa shape index (κ1) is 14.4. The molecular formula is C16H15N3O2. The molecule has 0 unspecified atom stereocenters. The topological polar surface area (TPSA) is 81.2 Å². The molecule has 0 fully saturated rings. The van der Waals surface area contributed by atoms with Crippen LogP contribution in [0.25, 0.3) is 11.3 Å². The number of nitrogens with two attached hydrogens (primary N) is 1. The molecule has 0 aliphatic rings. The molecule has 0 radical (unpaired) electrons. The summed E-state index contributed by atoms with van der Waals surface area (Å²) in [6.07, 6.45) is 3.23. The zero-order valence-corrected chi connectivity index (χ0v) is 11.8. The second-order valence-electron chi connectivity index (χ2n) is 4.21. The van der Waals surface area contributed by atoms with Gasteiger partial charge in [0.25, 0.3) is 0 Å². The number of benzene rings is 1. The zero-order valence-electron chi connectivity index (χ0n) is 11.8. The fourth-order valence-corrected chi connectivity index (χ4v) is 1.95. The van der Waals surface area contributed by atoms with Crippen molar-refractivity contribution in [2.24, 2.45) is 5.73 Å². The van der Waals surface area contributed by atoms with E-state index in [1.54, 1.807) is 56.9 Å². The van der Waals surface area contributed by atoms with E-state index >= 15 is 0 Å². The number of ether oxygens (including phenoxy) is 2. The maximum absolute atomic E-state index is 9.41. The van der Waals surface area contributed by atoms with Gasteiger partial charge in [0.1, 0.15) is 17.6 Å². The lowest BCUT2D eigenvalue weighted by Gasteiger charge is -2.12. The number of methoxy groups -OCH3 is 2. The molecular weight excluding hydrogens is 266 g/mol. The third kappa shape index (κ3) is 2.95. The molecule has 5 nitrogen and oxygen atoms in total. The molecule has 0 spiro atoms. The molecule has 0 aliphatic carbocycles. The van der Waals surface area contributed by atoms with Crippen LogP contribution in [0, 0.1) is 11.3 Å². The molecule has 1 aromatic heterocycles. The van der Waals surface area contributed by atoms with Crippen molar-refractivity contribution in [3.63, 3.8) is 0 Å². The van der Waals surface area contributed by atoms with Crippen molar-refractivity contribution in [2.45, 2.75) is 0 Å². The Labute approximate surface area is 123 Å². The molecule has 0 bridgehead atoms. The normalized spacial score (nSPS) is 11.3. The fraction of sp³-hybridized carbons (Fsp3) is 0.125. The molecule has 1 aromatic carbocycles. The fourth-order valence-electron chi connectivity index (χ4n) is 1.95. The summed E-state index contributed by atoms with van der Waals surface area (Å²) in [6.45, 7) is 0. The third-order valence-electron chi connectivity index (χ3n) is 3.03. The Balaban J connectivity index is 2.63. The van der Waals surface area contributed by atoms with Crippen molar-refractivity contribution in [1.82, 2.24) is 4.98 Å². The Morgan fingerprint density at radius 1 is 1.24 bits per heavy atom. The van der Waals surface area contributed by atoms with Gasteiger partial charge in [-0.1, -0.05) is 6.07 Å². The van der Waals surface area contributed by atoms with Gasteiger partial charge >= 0.3 is 0 Å². The minimum atomic E-state index is 0.321. The molecule has 0 saturated carbocycles. The van der Waals surface area contributed by atoms with Crippen LogP contribution >= 0.6 is 0 Å². The lowest BCUT2D eigenvalue weighted by Crippen LogP contribution is -2.03. The number of aromatic nitrogens is 1. The minimum absolute atomic E-state index is 0.321. The van der Waals surface area contributed by atoms with Gasteiger partial charge in [0.15, 0.2) is 0 Å². The molecule has 1 heterocycles. The van der Waals surface area contributed by atoms with Crippen LogP contribution in [0.15, 0.2) is 42.7 Å². The Morgan fingerprint density at radius 2 is 2.05 bits per heavy atom. The standard InChI is InChI=1S/C16H15N3O2/c1-20-12-5-6-15(21-2)13(8-12)16(18)14(9-17)11-4-3-7-19-10-11/h3-8,10H,18H2,1-2H3/b16-14+. The minimum Gasteiger partial charge on any atom is -0.497 e. The molecule has 106 valence electrons. The average Bonchev–Trinajstić information content (AvgIpc) is 2.55. The van der Waals surface area contributed by atoms with Gasteiger partial charge in [0.05, 0.1) is 25.5 Å². The van der Waals surface area contributed by atoms with Crippen molar-refractivity contribution in [1.29, 1.82) is 5.26 Å². The Kier molecular flexibility index (Phi) is 4.42. The van der Waals surface area contributed by atoms with Crippen LogP contribution in [0.4, 0.5) is 0 Å². The highest BCUT2D eigenvalue weighted by Gasteiger charge is 2.14. The summed E-state index contributed by atoms with van der Waals surface area (Å²) in [6, 6.07) is 10.9. The van der Waals surface area contributed by atoms with E-state index in [4.69, 9.17) is 15.2 Å². The summed E-state index contributed by atoms with van der Waals surface area (Å²) >= 11 is 0. The highest BCUT2D eigenvalue weighted by atomic mass is 16.5. The molecule has 0 saturated heterocycles. The van der Waals surface area contributed by atoms with Crippen LogP contribution in [-0.2, 0) is 0 Å². The molecule has 0 aliphatic heterocycles. The number of nitrogens with zero attached hydrogens (tertiary/aromatic N) is 2. The number of nitriles is 1. The monoisotopic (exact) mass is 281 g/mol. The van der Waals surface area contributed by atoms with E-state index in [-0.39, 0.29) is 0 Å². The number of rotatable bonds is 4. The van der Waals surface area contributed by atoms with E-state index in [1.807, 2.05) is 0 Å². The highest BCUT2D eigenvalue weighted by Crippen LogP contribution is 2.31. The van der Waals surface area contributed by atoms with Gasteiger partial charge in [-0.2, -0.15) is 5.26 Å². The summed E-state index contributed by atoms with van der Waals surface area (Å²) in [7, 11) is 3.12. The number of hydrogen-bond acceptors (Lipinski definition) is 5. The largest absolute Gasteiger partial charge is 0.497 e. The SMILES string of the molecule is COc1ccc(OC)c(/C(N)=C(/C#N)c2cccnc2)c1. The first-order valence-electron chi connectivity index (χ1n) is 6.24. The van der Waals surface area contributed by atoms with Gasteiger partial charge in [-0.3, -0.25) is 4.98 Å². The summed E-state index contributed by atoms with van der Waals surface area (Å²) < 4.78 is 10.5. The highest BCUT2D eigenvalue weighted by molar-refractivity contribution is 5.97. The summed E-state index contributed by atoms with van der Waals surface area (Å²) in [5, 5.41) is 9.41. The second-order valence-corrected chi connectivity index (χ2v) is 4.21. The van der Waals surface area contributed by atoms with Crippen molar-refractivity contribution in [3.8, 4) is 17.6 Å². The lowest BCUT2D eigenvalue weighted by molar-refractivity contribution is 0.402. The van der Waals surface area contributed by atoms with E-state index < -0.39 is 0 Å². The van der Waals surface area contributed by atoms with Gasteiger partial charge in [0.2, 0.25) is 0 Å². The summed E-state index contributed by atoms with van der Waals surface area (Å²) in [5.74, 6) is 1.21. The van der Waals surface area contributed by atoms with Crippen LogP contribution < -0.4 is 15.2 Å². The Hall–Kier alpha value is -3.00. The van der Waals surface area contributed by atoms with E-state index in [0.29, 0.717) is 33.9 Å². The Bertz CT molecular complexity index is 703. The van der Waals surface area contributed by atoms with Crippen LogP contribution in [0.1, 0.15) is 11.1 Å². The van der Waals surface area contributed by atoms with Crippen LogP contribution in [-0.4, -0.2) is 19.2 Å². The number of hydrogen-bond donors (Lipinski definition) is 1. The lowest BCUT2D eigenvalue weighted by atomic mass is 10.0. The number of pyridine rings is 1. The smallest absolute Gasteiger partial charge is 0.128 e. The predicted molar refractivity (Wildman–Crippen MR) is 80.4 cm³/mol. The molecule has 2 rings (SSSR count). The van der Waals surface area contributed by atoms with Crippen LogP contribution in [0.2, 0.25) is 0 Å². The van der Waals surface area contributed by atoms with Crippen molar-refractivity contribution >= 4 is 11.3 Å². The third-order valence-corrected chi connectivity index (χ3v) is 3.03. The summed E-state index contributed by atoms with van der Waals surface area (Å²) in [4.78, 5) is 4.01. The predicted octanol–water partition coefficient (Wildman–Crippen LogP) is 2.45. The maximum atomic E-state index is 9.41. The van der Waals surface area contributed by atoms with Crippen molar-refractivity contribution in [3.05, 3.63) is 53.9 Å². The van der Waals surface area contributed by atoms with Gasteiger partial charge in [-0.15, -0.1) is 0 Å². The molecule has 2 aromatic rings. The molecule has 21 heavy (non-hydrogen) atoms. The second kappa shape index (κ2) is 6.44. The molecule has 2 N–H and O–H groups in total. The van der Waals surface area contributed by atoms with Gasteiger partial charge < -0.3 is 15.2 Å². The van der Waals surface area contributed by atoms with Crippen molar-refractivity contribution in [2.75, 3.05) is 14.2 Å². The first-order chi connectivity index (χ1) is 10.2. The van der Waals surface area contributed by atoms with Gasteiger partial charge in [-0.25, -0.2) is 0 Å². The molecule has 5 heteroatoms. The quantitative estimate of drug-likeness (QED) is 0.870. The first-order valence-corrected chi connectivity index (χ1v) is 6.24. The molecule has 0 atom stereocenters.